The van der Waals surface area contributed by atoms with Crippen molar-refractivity contribution in [1.82, 2.24) is 0 Å². The van der Waals surface area contributed by atoms with Crippen LogP contribution in [0.3, 0.4) is 0 Å². The molecule has 0 atom stereocenters. The van der Waals surface area contributed by atoms with Gasteiger partial charge in [-0.25, -0.2) is 0 Å². The van der Waals surface area contributed by atoms with E-state index in [1.54, 1.807) is 0 Å². The van der Waals surface area contributed by atoms with Crippen molar-refractivity contribution in [3.63, 3.8) is 0 Å². The Labute approximate surface area is 29.0 Å². The smallest absolute Gasteiger partial charge is 0.307 e. The van der Waals surface area contributed by atoms with Gasteiger partial charge in [0.25, 0.3) is 0 Å². The maximum absolute atomic E-state index is 7.28. The lowest BCUT2D eigenvalue weighted by Crippen LogP contribution is -1.86. The van der Waals surface area contributed by atoms with Gasteiger partial charge in [0.1, 0.15) is 0 Å². The highest BCUT2D eigenvalue weighted by Crippen LogP contribution is 1.31. The highest BCUT2D eigenvalue weighted by molar-refractivity contribution is 4.37. The van der Waals surface area contributed by atoms with Crippen molar-refractivity contribution in [2.24, 2.45) is 5.90 Å². The molecule has 0 heterocycles. The van der Waals surface area contributed by atoms with Gasteiger partial charge in [-0.1, -0.05) is 0 Å². The zero-order chi connectivity index (χ0) is 3.41. The Kier molecular flexibility index (Phi) is 19.0. The second kappa shape index (κ2) is 10.7. The van der Waals surface area contributed by atoms with Crippen molar-refractivity contribution in [2.75, 3.05) is 0 Å². The number of nitrogens with zero attached hydrogens (tertiary/aromatic N) is 1. The summed E-state index contributed by atoms with van der Waals surface area (Å²) in [6, 6.07) is 0. The number of rotatable bonds is 0. The van der Waals surface area contributed by atoms with E-state index in [0.29, 0.717) is 0 Å². The van der Waals surface area contributed by atoms with Crippen LogP contribution in [0.4, 0.5) is 0 Å². The summed E-state index contributed by atoms with van der Waals surface area (Å²) in [6.07, 6.45) is 1.21. The Bertz CT molecular complexity index is 37.4. The molecule has 0 rings (SSSR count). The van der Waals surface area contributed by atoms with Crippen molar-refractivity contribution in [3.8, 4) is 6.26 Å². The molecule has 0 aliphatic rings. The molecule has 0 amide bonds. The minimum Gasteiger partial charge on any atom is -0.412 e. The molecule has 0 aromatic heterocycles. The molecule has 0 aromatic carbocycles. The summed E-state index contributed by atoms with van der Waals surface area (Å²) in [5, 5.41) is 7.28. The molecule has 0 saturated carbocycles. The molecule has 0 radical (unpaired) electrons. The third-order valence-electron chi connectivity index (χ3n) is 0.0527. The molecule has 0 aromatic rings. The van der Waals surface area contributed by atoms with Gasteiger partial charge in [0.15, 0.2) is 0 Å². The van der Waals surface area contributed by atoms with Crippen LogP contribution in [0.1, 0.15) is 0 Å². The number of nitriles is 1. The van der Waals surface area contributed by atoms with E-state index in [2.05, 4.69) is 10.7 Å². The molecule has 0 aliphatic heterocycles. The van der Waals surface area contributed by atoms with Gasteiger partial charge < -0.3 is 10.3 Å². The monoisotopic (exact) mass is 76.0 g/mol. The molecular weight excluding hydrogens is 72.0 g/mol. The summed E-state index contributed by atoms with van der Waals surface area (Å²) in [5.74, 6) is 4.17. The van der Waals surface area contributed by atoms with Gasteiger partial charge in [-0.15, -0.1) is 5.26 Å². The van der Waals surface area contributed by atoms with E-state index >= 15 is 0 Å². The first-order valence-electron chi connectivity index (χ1n) is 0.663. The highest BCUT2D eigenvalue weighted by atomic mass is 16.6. The molecule has 0 spiro atoms. The molecule has 0 aliphatic carbocycles. The zero-order valence-corrected chi connectivity index (χ0v) is 2.43. The largest absolute Gasteiger partial charge is 0.412 e. The standard InChI is InChI=1S/CH2N2O.H2O/c2-1-4-3;/h3H2;1H2. The number of nitrogens with two attached hydrogens (primary N) is 1. The number of hydrogen-bond acceptors (Lipinski definition) is 3. The fourth-order valence-electron chi connectivity index (χ4n) is 0. The van der Waals surface area contributed by atoms with Gasteiger partial charge in [0, 0.05) is 0 Å². The lowest BCUT2D eigenvalue weighted by Gasteiger charge is -1.61. The lowest BCUT2D eigenvalue weighted by molar-refractivity contribution is 0.284. The second-order valence-corrected chi connectivity index (χ2v) is 0.209. The van der Waals surface area contributed by atoms with Gasteiger partial charge >= 0.3 is 6.26 Å². The Morgan fingerprint density at radius 3 is 2.00 bits per heavy atom. The zero-order valence-electron chi connectivity index (χ0n) is 2.43. The maximum Gasteiger partial charge on any atom is 0.307 e. The van der Waals surface area contributed by atoms with Crippen LogP contribution in [0.15, 0.2) is 0 Å². The van der Waals surface area contributed by atoms with Gasteiger partial charge in [-0.2, -0.15) is 5.90 Å². The molecule has 0 saturated heterocycles. The van der Waals surface area contributed by atoms with E-state index in [1.165, 1.54) is 6.26 Å². The second-order valence-electron chi connectivity index (χ2n) is 0.209. The van der Waals surface area contributed by atoms with Crippen LogP contribution in [0.25, 0.3) is 0 Å². The van der Waals surface area contributed by atoms with Gasteiger partial charge in [0.05, 0.1) is 0 Å². The van der Waals surface area contributed by atoms with Crippen LogP contribution < -0.4 is 5.90 Å². The van der Waals surface area contributed by atoms with Crippen LogP contribution in [0, 0.1) is 11.5 Å². The first-order chi connectivity index (χ1) is 1.91. The summed E-state index contributed by atoms with van der Waals surface area (Å²) >= 11 is 0. The SMILES string of the molecule is N#CON.O. The highest BCUT2D eigenvalue weighted by Gasteiger charge is 1.42. The van der Waals surface area contributed by atoms with Crippen LogP contribution in [-0.4, -0.2) is 5.48 Å². The molecule has 4 nitrogen and oxygen atoms in total. The summed E-state index contributed by atoms with van der Waals surface area (Å²) < 4.78 is 0. The van der Waals surface area contributed by atoms with Crippen molar-refractivity contribution in [3.05, 3.63) is 0 Å². The summed E-state index contributed by atoms with van der Waals surface area (Å²) in [4.78, 5) is 3.35. The Morgan fingerprint density at radius 1 is 1.80 bits per heavy atom. The van der Waals surface area contributed by atoms with E-state index < -0.39 is 0 Å². The number of hydrogen-bond donors (Lipinski definition) is 1. The normalized spacial score (nSPS) is 3.20. The predicted octanol–water partition coefficient (Wildman–Crippen LogP) is -1.47. The van der Waals surface area contributed by atoms with Crippen LogP contribution in [0.2, 0.25) is 0 Å². The quantitative estimate of drug-likeness (QED) is 0.282. The minimum atomic E-state index is 0. The van der Waals surface area contributed by atoms with Crippen LogP contribution >= 0.6 is 0 Å². The summed E-state index contributed by atoms with van der Waals surface area (Å²) in [7, 11) is 0. The molecule has 4 N–H and O–H groups in total. The summed E-state index contributed by atoms with van der Waals surface area (Å²) in [5.41, 5.74) is 0. The fraction of sp³-hybridized carbons (Fsp3) is 0. The Balaban J connectivity index is 0. The van der Waals surface area contributed by atoms with E-state index in [1.807, 2.05) is 0 Å². The maximum atomic E-state index is 7.28. The topological polar surface area (TPSA) is 90.5 Å². The predicted molar refractivity (Wildman–Crippen MR) is 14.5 cm³/mol. The first kappa shape index (κ1) is 8.88. The van der Waals surface area contributed by atoms with Crippen LogP contribution in [0.5, 0.6) is 0 Å². The molecule has 0 fully saturated rings. The average Bonchev–Trinajstić information content (AvgIpc) is 1.37. The summed E-state index contributed by atoms with van der Waals surface area (Å²) in [6.45, 7) is 0. The van der Waals surface area contributed by atoms with Crippen molar-refractivity contribution >= 4 is 0 Å². The third-order valence-corrected chi connectivity index (χ3v) is 0.0527. The van der Waals surface area contributed by atoms with Crippen LogP contribution in [-0.2, 0) is 4.84 Å². The molecule has 0 unspecified atom stereocenters. The van der Waals surface area contributed by atoms with E-state index in [0.717, 1.165) is 0 Å². The Morgan fingerprint density at radius 2 is 2.00 bits per heavy atom. The minimum absolute atomic E-state index is 0. The van der Waals surface area contributed by atoms with Gasteiger partial charge in [0.2, 0.25) is 0 Å². The Hall–Kier alpha value is -0.790. The van der Waals surface area contributed by atoms with Crippen molar-refractivity contribution < 1.29 is 10.3 Å². The van der Waals surface area contributed by atoms with E-state index in [4.69, 9.17) is 5.26 Å². The third kappa shape index (κ3) is 107. The molecule has 0 bridgehead atoms. The van der Waals surface area contributed by atoms with Crippen molar-refractivity contribution in [2.45, 2.75) is 0 Å². The first-order valence-corrected chi connectivity index (χ1v) is 0.663. The molecular formula is CH4N2O2. The molecule has 5 heavy (non-hydrogen) atoms. The lowest BCUT2D eigenvalue weighted by atomic mass is 11.6. The average molecular weight is 76.1 g/mol. The van der Waals surface area contributed by atoms with E-state index in [9.17, 15) is 0 Å². The van der Waals surface area contributed by atoms with Gasteiger partial charge in [-0.3, -0.25) is 0 Å². The van der Waals surface area contributed by atoms with Gasteiger partial charge in [-0.05, 0) is 0 Å². The molecule has 4 heteroatoms. The fourth-order valence-corrected chi connectivity index (χ4v) is 0. The molecule has 30 valence electrons. The van der Waals surface area contributed by atoms with Crippen molar-refractivity contribution in [1.29, 1.82) is 5.26 Å². The van der Waals surface area contributed by atoms with E-state index in [-0.39, 0.29) is 5.48 Å².